The molecule has 0 bridgehead atoms. The second-order valence-corrected chi connectivity index (χ2v) is 10.8. The van der Waals surface area contributed by atoms with Crippen LogP contribution in [0.3, 0.4) is 0 Å². The fourth-order valence-corrected chi connectivity index (χ4v) is 8.81. The minimum atomic E-state index is -3.24. The highest BCUT2D eigenvalue weighted by molar-refractivity contribution is 7.68. The molecular weight excluding hydrogens is 385 g/mol. The third kappa shape index (κ3) is 3.91. The zero-order valence-electron chi connectivity index (χ0n) is 16.6. The molecular formula is C22H28N3O3P. The predicted molar refractivity (Wildman–Crippen MR) is 117 cm³/mol. The van der Waals surface area contributed by atoms with Crippen LogP contribution in [0.25, 0.3) is 0 Å². The van der Waals surface area contributed by atoms with Crippen molar-refractivity contribution in [2.24, 2.45) is 5.92 Å². The molecule has 1 heterocycles. The van der Waals surface area contributed by atoms with E-state index >= 15 is 0 Å². The Hall–Kier alpha value is -2.33. The molecule has 1 aliphatic carbocycles. The van der Waals surface area contributed by atoms with Crippen LogP contribution >= 0.6 is 7.44 Å². The third-order valence-corrected chi connectivity index (χ3v) is 9.98. The number of benzene rings is 2. The Labute approximate surface area is 172 Å². The van der Waals surface area contributed by atoms with Crippen molar-refractivity contribution in [1.29, 1.82) is 0 Å². The van der Waals surface area contributed by atoms with Crippen LogP contribution in [-0.2, 0) is 4.57 Å². The molecule has 1 saturated carbocycles. The van der Waals surface area contributed by atoms with Gasteiger partial charge in [-0.1, -0.05) is 55.7 Å². The quantitative estimate of drug-likeness (QED) is 0.359. The van der Waals surface area contributed by atoms with Gasteiger partial charge in [0.15, 0.2) is 0 Å². The van der Waals surface area contributed by atoms with Crippen LogP contribution in [0.5, 0.6) is 0 Å². The summed E-state index contributed by atoms with van der Waals surface area (Å²) in [5, 5.41) is 11.7. The van der Waals surface area contributed by atoms with Crippen molar-refractivity contribution in [2.45, 2.75) is 37.8 Å². The summed E-state index contributed by atoms with van der Waals surface area (Å²) < 4.78 is 18.9. The monoisotopic (exact) mass is 413 g/mol. The first-order chi connectivity index (χ1) is 14.1. The van der Waals surface area contributed by atoms with E-state index in [-0.39, 0.29) is 17.4 Å². The van der Waals surface area contributed by atoms with Gasteiger partial charge in [-0.25, -0.2) is 0 Å². The Morgan fingerprint density at radius 2 is 1.38 bits per heavy atom. The SMILES string of the molecule is O=[N+]([O-])CC(C1CCCCC1)P1(=O)N(c2ccccc2)CCN1c1ccccc1. The summed E-state index contributed by atoms with van der Waals surface area (Å²) in [5.74, 6) is 0.121. The van der Waals surface area contributed by atoms with E-state index in [1.165, 1.54) is 0 Å². The lowest BCUT2D eigenvalue weighted by atomic mass is 9.87. The van der Waals surface area contributed by atoms with Gasteiger partial charge in [-0.05, 0) is 43.0 Å². The summed E-state index contributed by atoms with van der Waals surface area (Å²) in [5.41, 5.74) is 1.30. The molecule has 1 saturated heterocycles. The van der Waals surface area contributed by atoms with E-state index in [9.17, 15) is 14.7 Å². The Morgan fingerprint density at radius 3 is 1.83 bits per heavy atom. The van der Waals surface area contributed by atoms with E-state index in [2.05, 4.69) is 0 Å². The molecule has 1 atom stereocenters. The number of anilines is 2. The fraction of sp³-hybridized carbons (Fsp3) is 0.455. The molecule has 29 heavy (non-hydrogen) atoms. The number of para-hydroxylation sites is 2. The van der Waals surface area contributed by atoms with Crippen LogP contribution in [0.15, 0.2) is 60.7 Å². The molecule has 6 nitrogen and oxygen atoms in total. The van der Waals surface area contributed by atoms with Crippen molar-refractivity contribution < 1.29 is 9.49 Å². The van der Waals surface area contributed by atoms with Crippen molar-refractivity contribution in [2.75, 3.05) is 29.0 Å². The molecule has 0 radical (unpaired) electrons. The average molecular weight is 413 g/mol. The van der Waals surface area contributed by atoms with Gasteiger partial charge in [-0.2, -0.15) is 0 Å². The van der Waals surface area contributed by atoms with Gasteiger partial charge in [0.25, 0.3) is 7.44 Å². The minimum Gasteiger partial charge on any atom is -0.305 e. The molecule has 0 spiro atoms. The van der Waals surface area contributed by atoms with E-state index in [0.29, 0.717) is 13.1 Å². The van der Waals surface area contributed by atoms with Gasteiger partial charge in [-0.15, -0.1) is 0 Å². The predicted octanol–water partition coefficient (Wildman–Crippen LogP) is 5.43. The Kier molecular flexibility index (Phi) is 5.91. The smallest absolute Gasteiger partial charge is 0.272 e. The average Bonchev–Trinajstić information content (AvgIpc) is 3.11. The van der Waals surface area contributed by atoms with Crippen molar-refractivity contribution in [3.8, 4) is 0 Å². The van der Waals surface area contributed by atoms with Gasteiger partial charge in [0.1, 0.15) is 5.66 Å². The molecule has 2 aliphatic rings. The normalized spacial score (nSPS) is 20.6. The van der Waals surface area contributed by atoms with E-state index < -0.39 is 13.1 Å². The zero-order chi connectivity index (χ0) is 20.3. The molecule has 0 aromatic heterocycles. The number of nitrogens with zero attached hydrogens (tertiary/aromatic N) is 3. The van der Waals surface area contributed by atoms with Crippen LogP contribution in [0.4, 0.5) is 11.4 Å². The zero-order valence-corrected chi connectivity index (χ0v) is 17.5. The molecule has 0 N–H and O–H groups in total. The molecule has 2 aromatic rings. The van der Waals surface area contributed by atoms with Gasteiger partial charge >= 0.3 is 0 Å². The maximum absolute atomic E-state index is 15.0. The second kappa shape index (κ2) is 8.58. The second-order valence-electron chi connectivity index (χ2n) is 7.99. The number of rotatable bonds is 6. The molecule has 0 amide bonds. The highest BCUT2D eigenvalue weighted by atomic mass is 31.2. The highest BCUT2D eigenvalue weighted by Crippen LogP contribution is 2.65. The largest absolute Gasteiger partial charge is 0.305 e. The van der Waals surface area contributed by atoms with Gasteiger partial charge in [-0.3, -0.25) is 14.7 Å². The van der Waals surface area contributed by atoms with Gasteiger partial charge in [0.2, 0.25) is 6.54 Å². The lowest BCUT2D eigenvalue weighted by Crippen LogP contribution is -2.38. The molecule has 4 rings (SSSR count). The number of hydrogen-bond acceptors (Lipinski definition) is 3. The van der Waals surface area contributed by atoms with E-state index in [0.717, 1.165) is 43.5 Å². The molecule has 154 valence electrons. The molecule has 1 unspecified atom stereocenters. The summed E-state index contributed by atoms with van der Waals surface area (Å²) in [6, 6.07) is 19.5. The van der Waals surface area contributed by atoms with Crippen molar-refractivity contribution in [1.82, 2.24) is 0 Å². The van der Waals surface area contributed by atoms with Gasteiger partial charge < -0.3 is 9.34 Å². The lowest BCUT2D eigenvalue weighted by Gasteiger charge is -2.40. The van der Waals surface area contributed by atoms with Crippen LogP contribution < -0.4 is 9.34 Å². The maximum atomic E-state index is 15.0. The van der Waals surface area contributed by atoms with Crippen LogP contribution in [-0.4, -0.2) is 30.2 Å². The minimum absolute atomic E-state index is 0.121. The highest BCUT2D eigenvalue weighted by Gasteiger charge is 2.53. The van der Waals surface area contributed by atoms with Crippen molar-refractivity contribution in [3.05, 3.63) is 70.8 Å². The van der Waals surface area contributed by atoms with Crippen LogP contribution in [0, 0.1) is 16.0 Å². The summed E-state index contributed by atoms with van der Waals surface area (Å²) >= 11 is 0. The topological polar surface area (TPSA) is 66.7 Å². The number of hydrogen-bond donors (Lipinski definition) is 0. The maximum Gasteiger partial charge on any atom is 0.272 e. The first-order valence-electron chi connectivity index (χ1n) is 10.5. The Balaban J connectivity index is 1.81. The fourth-order valence-electron chi connectivity index (χ4n) is 4.96. The summed E-state index contributed by atoms with van der Waals surface area (Å²) in [6.07, 6.45) is 5.14. The van der Waals surface area contributed by atoms with Gasteiger partial charge in [0.05, 0.1) is 0 Å². The van der Waals surface area contributed by atoms with Gasteiger partial charge in [0, 0.05) is 29.4 Å². The first-order valence-corrected chi connectivity index (χ1v) is 12.2. The third-order valence-electron chi connectivity index (χ3n) is 6.29. The van der Waals surface area contributed by atoms with E-state index in [1.54, 1.807) is 0 Å². The summed E-state index contributed by atoms with van der Waals surface area (Å²) in [6.45, 7) is 0.975. The molecule has 2 fully saturated rings. The molecule has 7 heteroatoms. The lowest BCUT2D eigenvalue weighted by molar-refractivity contribution is -0.480. The van der Waals surface area contributed by atoms with Crippen LogP contribution in [0.1, 0.15) is 32.1 Å². The molecule has 1 aliphatic heterocycles. The first kappa shape index (κ1) is 20.0. The summed E-state index contributed by atoms with van der Waals surface area (Å²) in [7, 11) is -3.24. The van der Waals surface area contributed by atoms with Crippen LogP contribution in [0.2, 0.25) is 0 Å². The van der Waals surface area contributed by atoms with E-state index in [1.807, 2.05) is 70.0 Å². The van der Waals surface area contributed by atoms with E-state index in [4.69, 9.17) is 0 Å². The Bertz CT molecular complexity index is 820. The van der Waals surface area contributed by atoms with Crippen molar-refractivity contribution >= 4 is 18.8 Å². The standard InChI is InChI=1S/C22H28N3O3P/c26-25(27)18-22(19-10-4-1-5-11-19)29(28)23(20-12-6-2-7-13-20)16-17-24(29)21-14-8-3-9-15-21/h2-3,6-9,12-15,19,22H,1,4-5,10-11,16-18H2. The molecule has 2 aromatic carbocycles. The summed E-state index contributed by atoms with van der Waals surface area (Å²) in [4.78, 5) is 11.4. The number of nitro groups is 1. The Morgan fingerprint density at radius 1 is 0.897 bits per heavy atom. The van der Waals surface area contributed by atoms with Crippen molar-refractivity contribution in [3.63, 3.8) is 0 Å².